The van der Waals surface area contributed by atoms with Crippen LogP contribution in [0.3, 0.4) is 0 Å². The molecule has 10 heteroatoms. The van der Waals surface area contributed by atoms with Gasteiger partial charge in [0, 0.05) is 32.2 Å². The van der Waals surface area contributed by atoms with Crippen LogP contribution in [-0.4, -0.2) is 91.2 Å². The fraction of sp³-hybridized carbons (Fsp3) is 0.458. The molecule has 0 unspecified atom stereocenters. The van der Waals surface area contributed by atoms with E-state index in [0.29, 0.717) is 38.2 Å². The van der Waals surface area contributed by atoms with Gasteiger partial charge < -0.3 is 10.2 Å². The van der Waals surface area contributed by atoms with Crippen LogP contribution in [0.15, 0.2) is 42.5 Å². The van der Waals surface area contributed by atoms with Crippen molar-refractivity contribution in [2.24, 2.45) is 0 Å². The molecule has 34 heavy (non-hydrogen) atoms. The highest BCUT2D eigenvalue weighted by atomic mass is 32.2. The van der Waals surface area contributed by atoms with E-state index in [0.717, 1.165) is 15.7 Å². The predicted octanol–water partition coefficient (Wildman–Crippen LogP) is 0.938. The van der Waals surface area contributed by atoms with Gasteiger partial charge >= 0.3 is 6.03 Å². The minimum atomic E-state index is -2.96. The number of rotatable bonds is 4. The zero-order valence-corrected chi connectivity index (χ0v) is 19.9. The molecule has 0 spiro atoms. The van der Waals surface area contributed by atoms with Gasteiger partial charge in [-0.3, -0.25) is 19.4 Å². The third-order valence-corrected chi connectivity index (χ3v) is 9.04. The first-order chi connectivity index (χ1) is 16.2. The first-order valence-electron chi connectivity index (χ1n) is 11.5. The molecule has 2 aromatic rings. The molecule has 1 N–H and O–H groups in total. The van der Waals surface area contributed by atoms with Crippen LogP contribution in [-0.2, 0) is 25.0 Å². The molecule has 0 bridgehead atoms. The largest absolute Gasteiger partial charge is 0.339 e. The number of piperazine rings is 1. The number of sulfone groups is 1. The fourth-order valence-corrected chi connectivity index (χ4v) is 6.93. The van der Waals surface area contributed by atoms with E-state index in [1.807, 2.05) is 42.5 Å². The summed E-state index contributed by atoms with van der Waals surface area (Å²) in [5.74, 6) is -0.337. The summed E-state index contributed by atoms with van der Waals surface area (Å²) in [4.78, 5) is 43.7. The number of nitrogens with one attached hydrogen (secondary N) is 1. The molecule has 2 aromatic carbocycles. The van der Waals surface area contributed by atoms with Crippen LogP contribution in [0, 0.1) is 0 Å². The quantitative estimate of drug-likeness (QED) is 0.648. The Balaban J connectivity index is 1.24. The molecule has 5 rings (SSSR count). The Morgan fingerprint density at radius 2 is 1.76 bits per heavy atom. The molecule has 3 aliphatic heterocycles. The van der Waals surface area contributed by atoms with Gasteiger partial charge in [-0.05, 0) is 35.7 Å². The van der Waals surface area contributed by atoms with Crippen LogP contribution in [0.25, 0.3) is 10.8 Å². The Morgan fingerprint density at radius 1 is 1.06 bits per heavy atom. The van der Waals surface area contributed by atoms with Crippen LogP contribution < -0.4 is 5.32 Å². The number of nitrogens with zero attached hydrogens (tertiary/aromatic N) is 3. The fourth-order valence-electron chi connectivity index (χ4n) is 5.17. The second kappa shape index (κ2) is 8.35. The van der Waals surface area contributed by atoms with Crippen molar-refractivity contribution >= 4 is 38.5 Å². The Kier molecular flexibility index (Phi) is 5.60. The predicted molar refractivity (Wildman–Crippen MR) is 127 cm³/mol. The molecule has 3 saturated heterocycles. The van der Waals surface area contributed by atoms with Crippen molar-refractivity contribution in [2.75, 3.05) is 44.2 Å². The number of hydrogen-bond donors (Lipinski definition) is 1. The topological polar surface area (TPSA) is 107 Å². The number of imide groups is 1. The molecule has 9 nitrogen and oxygen atoms in total. The van der Waals surface area contributed by atoms with E-state index < -0.39 is 27.3 Å². The number of benzene rings is 2. The minimum absolute atomic E-state index is 0.0100. The molecule has 0 saturated carbocycles. The van der Waals surface area contributed by atoms with E-state index in [1.54, 1.807) is 11.8 Å². The number of amides is 4. The van der Waals surface area contributed by atoms with Gasteiger partial charge in [-0.25, -0.2) is 13.2 Å². The molecule has 0 radical (unpaired) electrons. The first kappa shape index (κ1) is 22.8. The van der Waals surface area contributed by atoms with Gasteiger partial charge in [-0.15, -0.1) is 0 Å². The van der Waals surface area contributed by atoms with Crippen molar-refractivity contribution in [1.29, 1.82) is 0 Å². The van der Waals surface area contributed by atoms with Crippen LogP contribution in [0.2, 0.25) is 0 Å². The van der Waals surface area contributed by atoms with E-state index in [1.165, 1.54) is 0 Å². The Bertz CT molecular complexity index is 1270. The summed E-state index contributed by atoms with van der Waals surface area (Å²) in [6.45, 7) is 3.41. The van der Waals surface area contributed by atoms with Crippen molar-refractivity contribution in [1.82, 2.24) is 20.0 Å². The molecular formula is C24H28N4O5S. The summed E-state index contributed by atoms with van der Waals surface area (Å²) >= 11 is 0. The Morgan fingerprint density at radius 3 is 2.44 bits per heavy atom. The highest BCUT2D eigenvalue weighted by molar-refractivity contribution is 7.91. The van der Waals surface area contributed by atoms with E-state index >= 15 is 0 Å². The number of urea groups is 1. The number of carbonyl (C=O) groups excluding carboxylic acids is 3. The highest BCUT2D eigenvalue weighted by Gasteiger charge is 2.50. The van der Waals surface area contributed by atoms with Gasteiger partial charge in [0.1, 0.15) is 12.1 Å². The maximum atomic E-state index is 13.3. The van der Waals surface area contributed by atoms with Gasteiger partial charge in [0.25, 0.3) is 5.91 Å². The molecule has 3 fully saturated rings. The number of fused-ring (bicyclic) bond motifs is 1. The molecule has 0 aromatic heterocycles. The molecule has 3 heterocycles. The lowest BCUT2D eigenvalue weighted by atomic mass is 9.90. The zero-order valence-electron chi connectivity index (χ0n) is 19.1. The molecule has 180 valence electrons. The summed E-state index contributed by atoms with van der Waals surface area (Å²) < 4.78 is 23.5. The maximum Gasteiger partial charge on any atom is 0.325 e. The van der Waals surface area contributed by atoms with Crippen LogP contribution in [0.4, 0.5) is 4.79 Å². The molecule has 4 amide bonds. The normalized spacial score (nSPS) is 27.4. The second-order valence-electron chi connectivity index (χ2n) is 9.48. The second-order valence-corrected chi connectivity index (χ2v) is 11.7. The SMILES string of the molecule is C[C@]1(c2ccc3ccccc3c2)NC(=O)N(CC(=O)N2CCN([C@H]3CCS(=O)(=O)C3)CC2)C1=O. The van der Waals surface area contributed by atoms with Gasteiger partial charge in [-0.2, -0.15) is 0 Å². The maximum absolute atomic E-state index is 13.3. The average molecular weight is 485 g/mol. The highest BCUT2D eigenvalue weighted by Crippen LogP contribution is 2.31. The minimum Gasteiger partial charge on any atom is -0.339 e. The van der Waals surface area contributed by atoms with E-state index in [4.69, 9.17) is 0 Å². The third kappa shape index (κ3) is 4.05. The van der Waals surface area contributed by atoms with Crippen LogP contribution in [0.1, 0.15) is 18.9 Å². The molecular weight excluding hydrogens is 456 g/mol. The average Bonchev–Trinajstić information content (AvgIpc) is 3.30. The summed E-state index contributed by atoms with van der Waals surface area (Å²) in [7, 11) is -2.96. The molecule has 2 atom stereocenters. The van der Waals surface area contributed by atoms with Gasteiger partial charge in [0.2, 0.25) is 5.91 Å². The van der Waals surface area contributed by atoms with Crippen molar-refractivity contribution in [3.05, 3.63) is 48.0 Å². The van der Waals surface area contributed by atoms with Gasteiger partial charge in [-0.1, -0.05) is 36.4 Å². The summed E-state index contributed by atoms with van der Waals surface area (Å²) in [5, 5.41) is 4.77. The van der Waals surface area contributed by atoms with E-state index in [9.17, 15) is 22.8 Å². The Hall–Kier alpha value is -2.98. The van der Waals surface area contributed by atoms with Crippen LogP contribution in [0.5, 0.6) is 0 Å². The van der Waals surface area contributed by atoms with Crippen molar-refractivity contribution in [2.45, 2.75) is 24.9 Å². The van der Waals surface area contributed by atoms with Crippen LogP contribution >= 0.6 is 0 Å². The lowest BCUT2D eigenvalue weighted by Gasteiger charge is -2.38. The van der Waals surface area contributed by atoms with E-state index in [2.05, 4.69) is 10.2 Å². The lowest BCUT2D eigenvalue weighted by molar-refractivity contribution is -0.140. The zero-order chi connectivity index (χ0) is 24.1. The Labute approximate surface area is 198 Å². The number of hydrogen-bond acceptors (Lipinski definition) is 6. The van der Waals surface area contributed by atoms with Crippen molar-refractivity contribution < 1.29 is 22.8 Å². The smallest absolute Gasteiger partial charge is 0.325 e. The summed E-state index contributed by atoms with van der Waals surface area (Å²) in [5.41, 5.74) is -0.576. The van der Waals surface area contributed by atoms with E-state index in [-0.39, 0.29) is 30.0 Å². The molecule has 3 aliphatic rings. The first-order valence-corrected chi connectivity index (χ1v) is 13.3. The molecule has 0 aliphatic carbocycles. The third-order valence-electron chi connectivity index (χ3n) is 7.29. The van der Waals surface area contributed by atoms with Gasteiger partial charge in [0.05, 0.1) is 11.5 Å². The number of carbonyl (C=O) groups is 3. The van der Waals surface area contributed by atoms with Gasteiger partial charge in [0.15, 0.2) is 9.84 Å². The summed E-state index contributed by atoms with van der Waals surface area (Å²) in [6, 6.07) is 12.8. The standard InChI is InChI=1S/C24H28N4O5S/c1-24(19-7-6-17-4-2-3-5-18(17)14-19)22(30)28(23(31)25-24)15-21(29)27-11-9-26(10-12-27)20-8-13-34(32,33)16-20/h2-7,14,20H,8-13,15-16H2,1H3,(H,25,31)/t20-,24+/m0/s1. The summed E-state index contributed by atoms with van der Waals surface area (Å²) in [6.07, 6.45) is 0.631. The van der Waals surface area contributed by atoms with Crippen molar-refractivity contribution in [3.8, 4) is 0 Å². The van der Waals surface area contributed by atoms with Crippen molar-refractivity contribution in [3.63, 3.8) is 0 Å². The monoisotopic (exact) mass is 484 g/mol. The lowest BCUT2D eigenvalue weighted by Crippen LogP contribution is -2.54.